The SMILES string of the molecule is CSN1CC(C(C)(C)N2CCC(C(C)(C)N3CCOCC3)CC2)C1. The summed E-state index contributed by atoms with van der Waals surface area (Å²) in [5.74, 6) is 1.64. The molecule has 0 radical (unpaired) electrons. The molecule has 0 aliphatic carbocycles. The lowest BCUT2D eigenvalue weighted by Gasteiger charge is -2.55. The number of ether oxygens (including phenoxy) is 1. The molecule has 3 aliphatic rings. The zero-order valence-corrected chi connectivity index (χ0v) is 17.2. The molecule has 3 rings (SSSR count). The molecule has 3 fully saturated rings. The average Bonchev–Trinajstić information content (AvgIpc) is 2.54. The Morgan fingerprint density at radius 2 is 1.29 bits per heavy atom. The van der Waals surface area contributed by atoms with Crippen LogP contribution in [0.15, 0.2) is 0 Å². The lowest BCUT2D eigenvalue weighted by Crippen LogP contribution is -2.63. The van der Waals surface area contributed by atoms with Gasteiger partial charge in [0, 0.05) is 43.2 Å². The normalized spacial score (nSPS) is 27.4. The van der Waals surface area contributed by atoms with E-state index in [1.54, 1.807) is 0 Å². The topological polar surface area (TPSA) is 19.0 Å². The maximum atomic E-state index is 5.55. The molecule has 4 nitrogen and oxygen atoms in total. The summed E-state index contributed by atoms with van der Waals surface area (Å²) in [4.78, 5) is 5.45. The second-order valence-corrected chi connectivity index (χ2v) is 9.78. The van der Waals surface area contributed by atoms with Gasteiger partial charge in [-0.2, -0.15) is 0 Å². The van der Waals surface area contributed by atoms with E-state index in [2.05, 4.69) is 48.1 Å². The van der Waals surface area contributed by atoms with Gasteiger partial charge in [0.15, 0.2) is 0 Å². The molecule has 0 aromatic heterocycles. The van der Waals surface area contributed by atoms with E-state index in [0.29, 0.717) is 11.1 Å². The van der Waals surface area contributed by atoms with Crippen molar-refractivity contribution in [3.8, 4) is 0 Å². The third-order valence-corrected chi connectivity index (χ3v) is 8.06. The van der Waals surface area contributed by atoms with Gasteiger partial charge in [0.1, 0.15) is 0 Å². The number of likely N-dealkylation sites (tertiary alicyclic amines) is 1. The van der Waals surface area contributed by atoms with Crippen LogP contribution in [0.1, 0.15) is 40.5 Å². The first-order valence-electron chi connectivity index (χ1n) is 9.72. The molecule has 0 atom stereocenters. The van der Waals surface area contributed by atoms with Gasteiger partial charge in [-0.1, -0.05) is 11.9 Å². The monoisotopic (exact) mass is 355 g/mol. The molecule has 0 saturated carbocycles. The van der Waals surface area contributed by atoms with Crippen LogP contribution in [0.2, 0.25) is 0 Å². The fourth-order valence-corrected chi connectivity index (χ4v) is 5.51. The minimum atomic E-state index is 0.312. The van der Waals surface area contributed by atoms with Crippen molar-refractivity contribution in [2.24, 2.45) is 11.8 Å². The lowest BCUT2D eigenvalue weighted by molar-refractivity contribution is -0.0611. The number of rotatable bonds is 5. The molecular weight excluding hydrogens is 318 g/mol. The van der Waals surface area contributed by atoms with Crippen LogP contribution in [-0.4, -0.2) is 83.9 Å². The number of morpholine rings is 1. The molecule has 0 amide bonds. The van der Waals surface area contributed by atoms with Crippen LogP contribution >= 0.6 is 11.9 Å². The minimum absolute atomic E-state index is 0.312. The molecule has 3 heterocycles. The van der Waals surface area contributed by atoms with Crippen LogP contribution in [0.4, 0.5) is 0 Å². The van der Waals surface area contributed by atoms with Crippen LogP contribution < -0.4 is 0 Å². The third kappa shape index (κ3) is 3.66. The van der Waals surface area contributed by atoms with E-state index in [0.717, 1.165) is 38.1 Å². The number of piperidine rings is 1. The Bertz CT molecular complexity index is 409. The van der Waals surface area contributed by atoms with Gasteiger partial charge in [-0.15, -0.1) is 0 Å². The maximum Gasteiger partial charge on any atom is 0.0594 e. The Kier molecular flexibility index (Phi) is 5.88. The predicted molar refractivity (Wildman–Crippen MR) is 103 cm³/mol. The van der Waals surface area contributed by atoms with Crippen molar-refractivity contribution in [1.82, 2.24) is 14.1 Å². The van der Waals surface area contributed by atoms with Gasteiger partial charge in [-0.25, -0.2) is 0 Å². The quantitative estimate of drug-likeness (QED) is 0.704. The minimum Gasteiger partial charge on any atom is -0.379 e. The molecule has 5 heteroatoms. The van der Waals surface area contributed by atoms with E-state index in [1.807, 2.05) is 11.9 Å². The number of nitrogens with zero attached hydrogens (tertiary/aromatic N) is 3. The van der Waals surface area contributed by atoms with Gasteiger partial charge in [0.25, 0.3) is 0 Å². The molecular formula is C19H37N3OS. The first-order chi connectivity index (χ1) is 11.4. The molecule has 0 aromatic rings. The fraction of sp³-hybridized carbons (Fsp3) is 1.00. The Hall–Kier alpha value is 0.190. The van der Waals surface area contributed by atoms with Crippen molar-refractivity contribution in [2.45, 2.75) is 51.6 Å². The van der Waals surface area contributed by atoms with Crippen LogP contribution in [0.5, 0.6) is 0 Å². The second kappa shape index (κ2) is 7.43. The first kappa shape index (κ1) is 19.0. The Morgan fingerprint density at radius 1 is 0.792 bits per heavy atom. The highest BCUT2D eigenvalue weighted by Gasteiger charge is 2.45. The van der Waals surface area contributed by atoms with Gasteiger partial charge in [-0.05, 0) is 65.8 Å². The molecule has 0 aromatic carbocycles. The number of hydrogen-bond donors (Lipinski definition) is 0. The smallest absolute Gasteiger partial charge is 0.0594 e. The van der Waals surface area contributed by atoms with Crippen molar-refractivity contribution in [1.29, 1.82) is 0 Å². The van der Waals surface area contributed by atoms with Crippen molar-refractivity contribution in [3.05, 3.63) is 0 Å². The van der Waals surface area contributed by atoms with Crippen LogP contribution in [0.3, 0.4) is 0 Å². The summed E-state index contributed by atoms with van der Waals surface area (Å²) >= 11 is 1.90. The predicted octanol–water partition coefficient (Wildman–Crippen LogP) is 2.80. The van der Waals surface area contributed by atoms with E-state index in [9.17, 15) is 0 Å². The second-order valence-electron chi connectivity index (χ2n) is 8.89. The van der Waals surface area contributed by atoms with Gasteiger partial charge < -0.3 is 4.74 Å². The number of hydrogen-bond acceptors (Lipinski definition) is 5. The highest BCUT2D eigenvalue weighted by molar-refractivity contribution is 7.96. The van der Waals surface area contributed by atoms with Crippen molar-refractivity contribution in [2.75, 3.05) is 58.7 Å². The third-order valence-electron chi connectivity index (χ3n) is 7.24. The van der Waals surface area contributed by atoms with Crippen molar-refractivity contribution >= 4 is 11.9 Å². The fourth-order valence-electron chi connectivity index (χ4n) is 4.85. The molecule has 24 heavy (non-hydrogen) atoms. The van der Waals surface area contributed by atoms with E-state index < -0.39 is 0 Å². The van der Waals surface area contributed by atoms with Gasteiger partial charge in [0.05, 0.1) is 13.2 Å². The molecule has 3 saturated heterocycles. The molecule has 0 unspecified atom stereocenters. The summed E-state index contributed by atoms with van der Waals surface area (Å²) in [7, 11) is 0. The van der Waals surface area contributed by atoms with Crippen molar-refractivity contribution < 1.29 is 4.74 Å². The van der Waals surface area contributed by atoms with Crippen molar-refractivity contribution in [3.63, 3.8) is 0 Å². The molecule has 0 bridgehead atoms. The summed E-state index contributed by atoms with van der Waals surface area (Å²) < 4.78 is 8.04. The van der Waals surface area contributed by atoms with Crippen LogP contribution in [0.25, 0.3) is 0 Å². The summed E-state index contributed by atoms with van der Waals surface area (Å²) in [5.41, 5.74) is 0.659. The summed E-state index contributed by atoms with van der Waals surface area (Å²) in [5, 5.41) is 0. The van der Waals surface area contributed by atoms with Crippen LogP contribution in [-0.2, 0) is 4.74 Å². The highest BCUT2D eigenvalue weighted by Crippen LogP contribution is 2.39. The zero-order chi connectivity index (χ0) is 17.4. The average molecular weight is 356 g/mol. The molecule has 3 aliphatic heterocycles. The Morgan fingerprint density at radius 3 is 1.83 bits per heavy atom. The van der Waals surface area contributed by atoms with E-state index in [1.165, 1.54) is 39.0 Å². The Balaban J connectivity index is 1.53. The van der Waals surface area contributed by atoms with E-state index in [4.69, 9.17) is 4.74 Å². The largest absolute Gasteiger partial charge is 0.379 e. The highest BCUT2D eigenvalue weighted by atomic mass is 32.2. The molecule has 0 N–H and O–H groups in total. The summed E-state index contributed by atoms with van der Waals surface area (Å²) in [6, 6.07) is 0. The zero-order valence-electron chi connectivity index (χ0n) is 16.4. The lowest BCUT2D eigenvalue weighted by atomic mass is 9.75. The summed E-state index contributed by atoms with van der Waals surface area (Å²) in [6.07, 6.45) is 4.88. The van der Waals surface area contributed by atoms with Gasteiger partial charge in [-0.3, -0.25) is 14.1 Å². The van der Waals surface area contributed by atoms with Gasteiger partial charge in [0.2, 0.25) is 0 Å². The van der Waals surface area contributed by atoms with E-state index in [-0.39, 0.29) is 0 Å². The summed E-state index contributed by atoms with van der Waals surface area (Å²) in [6.45, 7) is 18.9. The first-order valence-corrected chi connectivity index (χ1v) is 10.9. The maximum absolute atomic E-state index is 5.55. The van der Waals surface area contributed by atoms with Crippen LogP contribution in [0, 0.1) is 11.8 Å². The van der Waals surface area contributed by atoms with Gasteiger partial charge >= 0.3 is 0 Å². The van der Waals surface area contributed by atoms with E-state index >= 15 is 0 Å². The Labute approximate surface area is 153 Å². The molecule has 140 valence electrons. The standard InChI is InChI=1S/C19H37N3OS/c1-18(2,21-10-12-23-13-11-21)16-6-8-20(9-7-16)19(3,4)17-14-22(15-17)24-5/h16-17H,6-15H2,1-5H3. The molecule has 0 spiro atoms.